The molecule has 5 heteroatoms. The number of hydrogen-bond acceptors (Lipinski definition) is 4. The Labute approximate surface area is 195 Å². The summed E-state index contributed by atoms with van der Waals surface area (Å²) in [6.45, 7) is 4.67. The van der Waals surface area contributed by atoms with Crippen LogP contribution in [-0.4, -0.2) is 35.1 Å². The monoisotopic (exact) mass is 456 g/mol. The predicted octanol–water partition coefficient (Wildman–Crippen LogP) is 5.32. The Hall–Kier alpha value is -1.59. The van der Waals surface area contributed by atoms with Crippen molar-refractivity contribution < 1.29 is 19.7 Å². The molecular weight excluding hydrogens is 424 g/mol. The zero-order valence-corrected chi connectivity index (χ0v) is 19.6. The average Bonchev–Trinajstić information content (AvgIpc) is 3.09. The highest BCUT2D eigenvalue weighted by atomic mass is 35.5. The Morgan fingerprint density at radius 3 is 2.44 bits per heavy atom. The predicted molar refractivity (Wildman–Crippen MR) is 125 cm³/mol. The third kappa shape index (κ3) is 4.43. The molecule has 1 heterocycles. The molecular formula is C27H33ClO4. The number of ether oxygens (including phenoxy) is 2. The second kappa shape index (κ2) is 8.64. The smallest absolute Gasteiger partial charge is 0.119 e. The van der Waals surface area contributed by atoms with Crippen LogP contribution < -0.4 is 4.74 Å². The molecule has 2 saturated carbocycles. The van der Waals surface area contributed by atoms with Crippen molar-refractivity contribution in [1.82, 2.24) is 0 Å². The Bertz CT molecular complexity index is 943. The number of halogens is 1. The van der Waals surface area contributed by atoms with Crippen LogP contribution in [0.15, 0.2) is 42.5 Å². The number of aliphatic hydroxyl groups is 2. The van der Waals surface area contributed by atoms with Gasteiger partial charge in [0.25, 0.3) is 0 Å². The Kier molecular flexibility index (Phi) is 6.00. The van der Waals surface area contributed by atoms with Crippen LogP contribution in [0.5, 0.6) is 5.75 Å². The molecule has 3 fully saturated rings. The van der Waals surface area contributed by atoms with Gasteiger partial charge in [0.2, 0.25) is 0 Å². The maximum atomic E-state index is 10.1. The molecule has 172 valence electrons. The second-order valence-corrected chi connectivity index (χ2v) is 10.9. The number of benzene rings is 2. The van der Waals surface area contributed by atoms with Crippen LogP contribution in [0.3, 0.4) is 0 Å². The van der Waals surface area contributed by atoms with Crippen molar-refractivity contribution in [3.05, 3.63) is 64.2 Å². The molecule has 3 aliphatic rings. The first-order chi connectivity index (χ1) is 15.3. The number of aliphatic hydroxyl groups excluding tert-OH is 2. The zero-order chi connectivity index (χ0) is 22.5. The first-order valence-corrected chi connectivity index (χ1v) is 12.2. The summed E-state index contributed by atoms with van der Waals surface area (Å²) < 4.78 is 12.2. The molecule has 2 aromatic rings. The third-order valence-electron chi connectivity index (χ3n) is 7.97. The molecule has 0 spiro atoms. The van der Waals surface area contributed by atoms with Crippen molar-refractivity contribution in [2.45, 2.75) is 70.4 Å². The lowest BCUT2D eigenvalue weighted by atomic mass is 9.94. The van der Waals surface area contributed by atoms with Crippen LogP contribution in [-0.2, 0) is 11.2 Å². The summed E-state index contributed by atoms with van der Waals surface area (Å²) in [5, 5.41) is 20.3. The summed E-state index contributed by atoms with van der Waals surface area (Å²) in [6.07, 6.45) is 3.41. The van der Waals surface area contributed by atoms with E-state index in [0.717, 1.165) is 33.7 Å². The van der Waals surface area contributed by atoms with Gasteiger partial charge in [-0.05, 0) is 71.4 Å². The normalized spacial score (nSPS) is 33.0. The van der Waals surface area contributed by atoms with Gasteiger partial charge in [-0.2, -0.15) is 0 Å². The lowest BCUT2D eigenvalue weighted by molar-refractivity contribution is -0.113. The van der Waals surface area contributed by atoms with Gasteiger partial charge < -0.3 is 19.7 Å². The molecule has 2 unspecified atom stereocenters. The van der Waals surface area contributed by atoms with Crippen LogP contribution >= 0.6 is 11.6 Å². The van der Waals surface area contributed by atoms with Crippen LogP contribution in [0, 0.1) is 17.3 Å². The highest BCUT2D eigenvalue weighted by molar-refractivity contribution is 6.31. The summed E-state index contributed by atoms with van der Waals surface area (Å²) in [6, 6.07) is 14.3. The van der Waals surface area contributed by atoms with E-state index >= 15 is 0 Å². The van der Waals surface area contributed by atoms with Crippen molar-refractivity contribution in [2.75, 3.05) is 6.61 Å². The van der Waals surface area contributed by atoms with Gasteiger partial charge in [0.15, 0.2) is 0 Å². The van der Waals surface area contributed by atoms with Gasteiger partial charge in [-0.3, -0.25) is 0 Å². The quantitative estimate of drug-likeness (QED) is 0.617. The molecule has 1 aliphatic heterocycles. The maximum Gasteiger partial charge on any atom is 0.119 e. The average molecular weight is 457 g/mol. The van der Waals surface area contributed by atoms with Crippen molar-refractivity contribution in [3.8, 4) is 5.75 Å². The highest BCUT2D eigenvalue weighted by Crippen LogP contribution is 2.67. The third-order valence-corrected chi connectivity index (χ3v) is 8.33. The minimum atomic E-state index is -0.464. The molecule has 2 N–H and O–H groups in total. The van der Waals surface area contributed by atoms with Crippen LogP contribution in [0.2, 0.25) is 5.02 Å². The summed E-state index contributed by atoms with van der Waals surface area (Å²) in [4.78, 5) is 0. The van der Waals surface area contributed by atoms with E-state index in [4.69, 9.17) is 21.1 Å². The molecule has 2 aromatic carbocycles. The largest absolute Gasteiger partial charge is 0.490 e. The molecule has 2 aliphatic carbocycles. The van der Waals surface area contributed by atoms with Gasteiger partial charge in [0.05, 0.1) is 31.0 Å². The van der Waals surface area contributed by atoms with E-state index in [9.17, 15) is 10.2 Å². The van der Waals surface area contributed by atoms with Crippen LogP contribution in [0.25, 0.3) is 0 Å². The van der Waals surface area contributed by atoms with Gasteiger partial charge in [-0.1, -0.05) is 49.7 Å². The van der Waals surface area contributed by atoms with E-state index in [1.165, 1.54) is 18.4 Å². The highest BCUT2D eigenvalue weighted by Gasteiger charge is 2.62. The van der Waals surface area contributed by atoms with E-state index in [1.54, 1.807) is 0 Å². The van der Waals surface area contributed by atoms with Crippen molar-refractivity contribution in [1.29, 1.82) is 0 Å². The molecule has 0 amide bonds. The molecule has 0 bridgehead atoms. The molecule has 4 nitrogen and oxygen atoms in total. The number of fused-ring (bicyclic) bond motifs is 1. The molecule has 0 radical (unpaired) electrons. The molecule has 5 atom stereocenters. The van der Waals surface area contributed by atoms with Crippen LogP contribution in [0.1, 0.15) is 62.3 Å². The van der Waals surface area contributed by atoms with E-state index in [2.05, 4.69) is 44.2 Å². The van der Waals surface area contributed by atoms with Gasteiger partial charge in [0, 0.05) is 17.9 Å². The SMILES string of the molecule is CC1(C)C2CC(Oc3ccc(Cc4cc([C@H]5C[C@@H](O)C[C@@H](CO)O5)ccc4Cl)cc3)CC21. The lowest BCUT2D eigenvalue weighted by Gasteiger charge is -2.32. The first kappa shape index (κ1) is 22.2. The summed E-state index contributed by atoms with van der Waals surface area (Å²) in [5.41, 5.74) is 3.71. The molecule has 0 aromatic heterocycles. The van der Waals surface area contributed by atoms with Crippen LogP contribution in [0.4, 0.5) is 0 Å². The molecule has 32 heavy (non-hydrogen) atoms. The van der Waals surface area contributed by atoms with E-state index in [0.29, 0.717) is 30.8 Å². The summed E-state index contributed by atoms with van der Waals surface area (Å²) >= 11 is 6.50. The fourth-order valence-corrected chi connectivity index (χ4v) is 6.09. The maximum absolute atomic E-state index is 10.1. The Morgan fingerprint density at radius 1 is 1.03 bits per heavy atom. The van der Waals surface area contributed by atoms with E-state index in [1.807, 2.05) is 12.1 Å². The molecule has 5 rings (SSSR count). The second-order valence-electron chi connectivity index (χ2n) is 10.5. The number of hydrogen-bond donors (Lipinski definition) is 2. The minimum Gasteiger partial charge on any atom is -0.490 e. The zero-order valence-electron chi connectivity index (χ0n) is 18.8. The fraction of sp³-hybridized carbons (Fsp3) is 0.556. The lowest BCUT2D eigenvalue weighted by Crippen LogP contribution is -2.33. The molecule has 1 saturated heterocycles. The van der Waals surface area contributed by atoms with E-state index < -0.39 is 6.10 Å². The fourth-order valence-electron chi connectivity index (χ4n) is 5.90. The van der Waals surface area contributed by atoms with Crippen molar-refractivity contribution >= 4 is 11.6 Å². The van der Waals surface area contributed by atoms with Gasteiger partial charge >= 0.3 is 0 Å². The summed E-state index contributed by atoms with van der Waals surface area (Å²) in [7, 11) is 0. The van der Waals surface area contributed by atoms with Gasteiger partial charge in [0.1, 0.15) is 5.75 Å². The van der Waals surface area contributed by atoms with E-state index in [-0.39, 0.29) is 18.8 Å². The summed E-state index contributed by atoms with van der Waals surface area (Å²) in [5.74, 6) is 2.61. The Morgan fingerprint density at radius 2 is 1.75 bits per heavy atom. The van der Waals surface area contributed by atoms with Gasteiger partial charge in [-0.25, -0.2) is 0 Å². The first-order valence-electron chi connectivity index (χ1n) is 11.8. The Balaban J connectivity index is 1.23. The van der Waals surface area contributed by atoms with Crippen molar-refractivity contribution in [2.24, 2.45) is 17.3 Å². The number of rotatable bonds is 6. The standard InChI is InChI=1S/C27H33ClO4/c1-27(2)23-13-21(14-24(23)27)31-20-6-3-16(4-7-20)9-18-10-17(5-8-25(18)28)26-12-19(30)11-22(15-29)32-26/h3-8,10,19,21-24,26,29-30H,9,11-15H2,1-2H3/t19-,21?,22-,23?,24?,26+/m0/s1. The van der Waals surface area contributed by atoms with Crippen molar-refractivity contribution in [3.63, 3.8) is 0 Å². The topological polar surface area (TPSA) is 58.9 Å². The minimum absolute atomic E-state index is 0.0810. The van der Waals surface area contributed by atoms with Gasteiger partial charge in [-0.15, -0.1) is 0 Å².